The van der Waals surface area contributed by atoms with E-state index in [2.05, 4.69) is 10.6 Å². The summed E-state index contributed by atoms with van der Waals surface area (Å²) in [6.45, 7) is 5.52. The highest BCUT2D eigenvalue weighted by atomic mass is 16.4. The number of aliphatic imine (C=N–C) groups is 1. The number of anilines is 2. The van der Waals surface area contributed by atoms with Gasteiger partial charge in [-0.05, 0) is 43.3 Å². The first kappa shape index (κ1) is 37.3. The molecule has 52 heavy (non-hydrogen) atoms. The Balaban J connectivity index is 1.54. The van der Waals surface area contributed by atoms with Crippen molar-refractivity contribution in [3.63, 3.8) is 0 Å². The van der Waals surface area contributed by atoms with Crippen LogP contribution in [0.5, 0.6) is 0 Å². The fraction of sp³-hybridized carbons (Fsp3) is 0.268. The smallest absolute Gasteiger partial charge is 0.329 e. The molecule has 4 aromatic rings. The summed E-state index contributed by atoms with van der Waals surface area (Å²) < 4.78 is 0. The summed E-state index contributed by atoms with van der Waals surface area (Å²) in [6.07, 6.45) is -0.256. The first-order valence-corrected chi connectivity index (χ1v) is 17.4. The number of imide groups is 1. The molecule has 3 atom stereocenters. The number of aliphatic carboxylic acids is 1. The van der Waals surface area contributed by atoms with Crippen LogP contribution in [0.15, 0.2) is 120 Å². The van der Waals surface area contributed by atoms with Crippen LogP contribution in [0.1, 0.15) is 55.7 Å². The lowest BCUT2D eigenvalue weighted by Crippen LogP contribution is -2.46. The molecule has 4 amide bonds. The van der Waals surface area contributed by atoms with Crippen LogP contribution in [0, 0.1) is 0 Å². The van der Waals surface area contributed by atoms with E-state index >= 15 is 0 Å². The summed E-state index contributed by atoms with van der Waals surface area (Å²) in [5.74, 6) is -4.21. The van der Waals surface area contributed by atoms with Crippen molar-refractivity contribution in [1.82, 2.24) is 9.80 Å². The van der Waals surface area contributed by atoms with Gasteiger partial charge in [-0.2, -0.15) is 0 Å². The van der Waals surface area contributed by atoms with Gasteiger partial charge in [-0.1, -0.05) is 111 Å². The average Bonchev–Trinajstić information content (AvgIpc) is 3.56. The van der Waals surface area contributed by atoms with Crippen molar-refractivity contribution in [3.05, 3.63) is 132 Å². The van der Waals surface area contributed by atoms with E-state index < -0.39 is 48.1 Å². The van der Waals surface area contributed by atoms with Crippen molar-refractivity contribution in [2.45, 2.75) is 51.1 Å². The second-order valence-electron chi connectivity index (χ2n) is 12.5. The van der Waals surface area contributed by atoms with Crippen LogP contribution in [0.2, 0.25) is 0 Å². The monoisotopic (exact) mass is 701 g/mol. The second kappa shape index (κ2) is 17.8. The molecule has 1 aliphatic heterocycles. The minimum Gasteiger partial charge on any atom is -0.480 e. The molecule has 0 aliphatic carbocycles. The predicted octanol–water partition coefficient (Wildman–Crippen LogP) is 5.59. The number of hydrogen-bond acceptors (Lipinski definition) is 7. The van der Waals surface area contributed by atoms with Gasteiger partial charge in [0.1, 0.15) is 6.04 Å². The summed E-state index contributed by atoms with van der Waals surface area (Å²) in [7, 11) is 0. The molecule has 3 N–H and O–H groups in total. The van der Waals surface area contributed by atoms with Crippen molar-refractivity contribution >= 4 is 46.7 Å². The molecule has 5 rings (SSSR count). The number of likely N-dealkylation sites (N-methyl/N-ethyl adjacent to an activating group) is 1. The summed E-state index contributed by atoms with van der Waals surface area (Å²) in [5.41, 5.74) is 2.91. The Labute approximate surface area is 303 Å². The molecule has 268 valence electrons. The van der Waals surface area contributed by atoms with E-state index in [9.17, 15) is 29.1 Å². The first-order valence-electron chi connectivity index (χ1n) is 17.4. The molecule has 11 heteroatoms. The van der Waals surface area contributed by atoms with Crippen molar-refractivity contribution in [2.75, 3.05) is 30.3 Å². The van der Waals surface area contributed by atoms with Crippen LogP contribution in [0.4, 0.5) is 11.4 Å². The number of carbonyl (C=O) groups excluding carboxylic acids is 4. The van der Waals surface area contributed by atoms with Crippen molar-refractivity contribution in [1.29, 1.82) is 0 Å². The molecule has 0 unspecified atom stereocenters. The first-order chi connectivity index (χ1) is 25.2. The van der Waals surface area contributed by atoms with E-state index in [4.69, 9.17) is 4.99 Å². The minimum atomic E-state index is -1.50. The zero-order valence-electron chi connectivity index (χ0n) is 29.3. The summed E-state index contributed by atoms with van der Waals surface area (Å²) in [6, 6.07) is 31.0. The molecule has 1 heterocycles. The maximum Gasteiger partial charge on any atom is 0.329 e. The largest absolute Gasteiger partial charge is 0.480 e. The minimum absolute atomic E-state index is 0.00403. The highest BCUT2D eigenvalue weighted by Gasteiger charge is 2.42. The van der Waals surface area contributed by atoms with Crippen LogP contribution in [-0.2, 0) is 24.0 Å². The molecular formula is C41H43N5O6. The lowest BCUT2D eigenvalue weighted by Gasteiger charge is -2.27. The van der Waals surface area contributed by atoms with Gasteiger partial charge >= 0.3 is 5.97 Å². The zero-order valence-corrected chi connectivity index (χ0v) is 29.3. The number of rotatable bonds is 15. The number of nitrogens with one attached hydrogen (secondary N) is 2. The van der Waals surface area contributed by atoms with E-state index in [1.54, 1.807) is 109 Å². The summed E-state index contributed by atoms with van der Waals surface area (Å²) >= 11 is 0. The molecule has 0 bridgehead atoms. The fourth-order valence-corrected chi connectivity index (χ4v) is 6.38. The van der Waals surface area contributed by atoms with Gasteiger partial charge < -0.3 is 15.7 Å². The van der Waals surface area contributed by atoms with Crippen molar-refractivity contribution < 1.29 is 29.1 Å². The number of hydrogen-bond donors (Lipinski definition) is 3. The van der Waals surface area contributed by atoms with Gasteiger partial charge in [0.2, 0.25) is 23.6 Å². The Bertz CT molecular complexity index is 1900. The second-order valence-corrected chi connectivity index (χ2v) is 12.5. The number of carbonyl (C=O) groups is 5. The molecule has 11 nitrogen and oxygen atoms in total. The number of amides is 4. The average molecular weight is 702 g/mol. The van der Waals surface area contributed by atoms with E-state index in [1.807, 2.05) is 24.8 Å². The quantitative estimate of drug-likeness (QED) is 0.137. The third kappa shape index (κ3) is 9.23. The number of nitrogens with zero attached hydrogens (tertiary/aromatic N) is 3. The number of benzene rings is 4. The number of para-hydroxylation sites is 2. The van der Waals surface area contributed by atoms with E-state index in [0.717, 1.165) is 4.90 Å². The molecule has 1 saturated heterocycles. The van der Waals surface area contributed by atoms with Crippen molar-refractivity contribution in [2.24, 2.45) is 4.99 Å². The third-order valence-electron chi connectivity index (χ3n) is 9.11. The van der Waals surface area contributed by atoms with Crippen LogP contribution < -0.4 is 10.6 Å². The fourth-order valence-electron chi connectivity index (χ4n) is 6.38. The number of carboxylic acid groups (broad SMARTS) is 1. The Kier molecular flexibility index (Phi) is 12.8. The van der Waals surface area contributed by atoms with Gasteiger partial charge in [0.15, 0.2) is 6.04 Å². The molecular weight excluding hydrogens is 658 g/mol. The number of likely N-dealkylation sites (tertiary alicyclic amines) is 1. The zero-order chi connectivity index (χ0) is 37.0. The molecule has 0 radical (unpaired) electrons. The van der Waals surface area contributed by atoms with Gasteiger partial charge in [0.05, 0.1) is 17.9 Å². The van der Waals surface area contributed by atoms with Crippen LogP contribution in [0.3, 0.4) is 0 Å². The highest BCUT2D eigenvalue weighted by Crippen LogP contribution is 2.32. The molecule has 0 spiro atoms. The Morgan fingerprint density at radius 3 is 2.06 bits per heavy atom. The lowest BCUT2D eigenvalue weighted by atomic mass is 9.87. The highest BCUT2D eigenvalue weighted by molar-refractivity contribution is 6.17. The SMILES string of the molecule is CCN(CC)CC(=O)Nc1ccccc1C(=N[C@@H](C(=O)O)[C@@H](CC(=O)N1C(=O)CC[C@H]1C(=O)Nc1ccccc1)c1ccccc1)c1ccccc1. The summed E-state index contributed by atoms with van der Waals surface area (Å²) in [5, 5.41) is 16.6. The number of carboxylic acids is 1. The van der Waals surface area contributed by atoms with Gasteiger partial charge in [0.25, 0.3) is 0 Å². The summed E-state index contributed by atoms with van der Waals surface area (Å²) in [4.78, 5) is 74.8. The standard InChI is InChI=1S/C41H43N5O6/c1-3-45(4-2)27-35(47)43-33-23-15-14-22-31(33)38(29-18-10-6-11-19-29)44-39(41(51)52)32(28-16-8-5-9-17-28)26-37(49)46-34(24-25-36(46)48)40(50)42-30-20-12-7-13-21-30/h5-23,32,34,39H,3-4,24-27H2,1-2H3,(H,42,50)(H,43,47)(H,51,52)/t32-,34-,39+/m0/s1. The Morgan fingerprint density at radius 2 is 1.42 bits per heavy atom. The molecule has 1 fully saturated rings. The van der Waals surface area contributed by atoms with Crippen LogP contribution >= 0.6 is 0 Å². The van der Waals surface area contributed by atoms with Gasteiger partial charge in [-0.3, -0.25) is 34.0 Å². The molecule has 0 aromatic heterocycles. The van der Waals surface area contributed by atoms with Crippen molar-refractivity contribution in [3.8, 4) is 0 Å². The van der Waals surface area contributed by atoms with E-state index in [0.29, 0.717) is 46.9 Å². The molecule has 4 aromatic carbocycles. The maximum absolute atomic E-state index is 14.1. The van der Waals surface area contributed by atoms with Gasteiger partial charge in [0, 0.05) is 35.6 Å². The Morgan fingerprint density at radius 1 is 0.827 bits per heavy atom. The third-order valence-corrected chi connectivity index (χ3v) is 9.11. The topological polar surface area (TPSA) is 148 Å². The van der Waals surface area contributed by atoms with E-state index in [1.165, 1.54) is 0 Å². The Hall–Kier alpha value is -5.94. The maximum atomic E-state index is 14.1. The normalized spacial score (nSPS) is 15.6. The van der Waals surface area contributed by atoms with Crippen LogP contribution in [0.25, 0.3) is 0 Å². The van der Waals surface area contributed by atoms with E-state index in [-0.39, 0.29) is 25.3 Å². The van der Waals surface area contributed by atoms with Gasteiger partial charge in [-0.25, -0.2) is 4.79 Å². The predicted molar refractivity (Wildman–Crippen MR) is 200 cm³/mol. The molecule has 1 aliphatic rings. The lowest BCUT2D eigenvalue weighted by molar-refractivity contribution is -0.147. The van der Waals surface area contributed by atoms with Crippen LogP contribution in [-0.4, -0.2) is 81.9 Å². The molecule has 0 saturated carbocycles. The van der Waals surface area contributed by atoms with Gasteiger partial charge in [-0.15, -0.1) is 0 Å².